The van der Waals surface area contributed by atoms with Gasteiger partial charge in [-0.25, -0.2) is 13.1 Å². The van der Waals surface area contributed by atoms with Crippen LogP contribution in [-0.2, 0) is 22.9 Å². The molecule has 3 rings (SSSR count). The van der Waals surface area contributed by atoms with Gasteiger partial charge < -0.3 is 5.32 Å². The number of rotatable bonds is 5. The molecular formula is C18H20N2O3S. The SMILES string of the molecule is CCNS(=O)(=O)c1cccc(C(=O)Nc2ccc3c(c2)CCC3)c1. The van der Waals surface area contributed by atoms with Crippen molar-refractivity contribution in [2.24, 2.45) is 0 Å². The third kappa shape index (κ3) is 3.49. The minimum Gasteiger partial charge on any atom is -0.322 e. The molecule has 1 aliphatic carbocycles. The molecule has 6 heteroatoms. The molecule has 2 N–H and O–H groups in total. The molecule has 0 aliphatic heterocycles. The van der Waals surface area contributed by atoms with Crippen molar-refractivity contribution in [3.63, 3.8) is 0 Å². The van der Waals surface area contributed by atoms with Crippen molar-refractivity contribution in [3.8, 4) is 0 Å². The number of hydrogen-bond acceptors (Lipinski definition) is 3. The minimum atomic E-state index is -3.58. The Hall–Kier alpha value is -2.18. The number of carbonyl (C=O) groups excluding carboxylic acids is 1. The quantitative estimate of drug-likeness (QED) is 0.876. The summed E-state index contributed by atoms with van der Waals surface area (Å²) in [5.74, 6) is -0.318. The minimum absolute atomic E-state index is 0.0888. The largest absolute Gasteiger partial charge is 0.322 e. The molecule has 24 heavy (non-hydrogen) atoms. The van der Waals surface area contributed by atoms with Crippen LogP contribution in [0.25, 0.3) is 0 Å². The Kier molecular flexibility index (Phi) is 4.69. The molecule has 0 saturated heterocycles. The third-order valence-electron chi connectivity index (χ3n) is 4.10. The fourth-order valence-electron chi connectivity index (χ4n) is 2.93. The molecule has 2 aromatic rings. The molecular weight excluding hydrogens is 324 g/mol. The summed E-state index contributed by atoms with van der Waals surface area (Å²) in [6, 6.07) is 12.0. The van der Waals surface area contributed by atoms with Crippen LogP contribution < -0.4 is 10.0 Å². The van der Waals surface area contributed by atoms with Crippen LogP contribution in [0.2, 0.25) is 0 Å². The van der Waals surface area contributed by atoms with Crippen LogP contribution in [0, 0.1) is 0 Å². The van der Waals surface area contributed by atoms with Crippen molar-refractivity contribution in [3.05, 3.63) is 59.2 Å². The lowest BCUT2D eigenvalue weighted by Crippen LogP contribution is -2.23. The van der Waals surface area contributed by atoms with Gasteiger partial charge in [0.1, 0.15) is 0 Å². The van der Waals surface area contributed by atoms with Gasteiger partial charge in [-0.3, -0.25) is 4.79 Å². The second-order valence-corrected chi connectivity index (χ2v) is 7.59. The first-order valence-corrected chi connectivity index (χ1v) is 9.51. The van der Waals surface area contributed by atoms with E-state index in [0.29, 0.717) is 12.1 Å². The van der Waals surface area contributed by atoms with E-state index in [1.807, 2.05) is 18.2 Å². The summed E-state index contributed by atoms with van der Waals surface area (Å²) >= 11 is 0. The highest BCUT2D eigenvalue weighted by atomic mass is 32.2. The molecule has 0 spiro atoms. The lowest BCUT2D eigenvalue weighted by molar-refractivity contribution is 0.102. The van der Waals surface area contributed by atoms with E-state index in [1.54, 1.807) is 19.1 Å². The Morgan fingerprint density at radius 1 is 1.08 bits per heavy atom. The normalized spacial score (nSPS) is 13.5. The molecule has 126 valence electrons. The van der Waals surface area contributed by atoms with Crippen LogP contribution in [0.4, 0.5) is 5.69 Å². The number of hydrogen-bond donors (Lipinski definition) is 2. The molecule has 0 atom stereocenters. The second kappa shape index (κ2) is 6.75. The Morgan fingerprint density at radius 3 is 2.67 bits per heavy atom. The standard InChI is InChI=1S/C18H20N2O3S/c1-2-19-24(22,23)17-8-4-7-15(12-17)18(21)20-16-10-9-13-5-3-6-14(13)11-16/h4,7-12,19H,2-3,5-6H2,1H3,(H,20,21). The van der Waals surface area contributed by atoms with Crippen molar-refractivity contribution >= 4 is 21.6 Å². The lowest BCUT2D eigenvalue weighted by atomic mass is 10.1. The van der Waals surface area contributed by atoms with Gasteiger partial charge in [-0.2, -0.15) is 0 Å². The molecule has 0 saturated carbocycles. The molecule has 0 aromatic heterocycles. The number of fused-ring (bicyclic) bond motifs is 1. The number of anilines is 1. The van der Waals surface area contributed by atoms with Crippen LogP contribution in [0.3, 0.4) is 0 Å². The Balaban J connectivity index is 1.80. The van der Waals surface area contributed by atoms with Crippen molar-refractivity contribution < 1.29 is 13.2 Å². The number of aryl methyl sites for hydroxylation is 2. The first kappa shape index (κ1) is 16.7. The Bertz CT molecular complexity index is 876. The molecule has 0 bridgehead atoms. The number of amides is 1. The Morgan fingerprint density at radius 2 is 1.88 bits per heavy atom. The van der Waals surface area contributed by atoms with E-state index in [1.165, 1.54) is 23.3 Å². The maximum absolute atomic E-state index is 12.4. The molecule has 1 aliphatic rings. The maximum Gasteiger partial charge on any atom is 0.255 e. The summed E-state index contributed by atoms with van der Waals surface area (Å²) in [5.41, 5.74) is 3.66. The lowest BCUT2D eigenvalue weighted by Gasteiger charge is -2.09. The molecule has 2 aromatic carbocycles. The van der Waals surface area contributed by atoms with Crippen LogP contribution in [0.1, 0.15) is 34.8 Å². The average Bonchev–Trinajstić information content (AvgIpc) is 3.02. The summed E-state index contributed by atoms with van der Waals surface area (Å²) in [7, 11) is -3.58. The molecule has 0 heterocycles. The average molecular weight is 344 g/mol. The Labute approximate surface area is 142 Å². The van der Waals surface area contributed by atoms with E-state index in [0.717, 1.165) is 24.9 Å². The topological polar surface area (TPSA) is 75.3 Å². The van der Waals surface area contributed by atoms with E-state index in [2.05, 4.69) is 10.0 Å². The summed E-state index contributed by atoms with van der Waals surface area (Å²) < 4.78 is 26.5. The monoisotopic (exact) mass is 344 g/mol. The molecule has 1 amide bonds. The van der Waals surface area contributed by atoms with Crippen LogP contribution >= 0.6 is 0 Å². The van der Waals surface area contributed by atoms with Crippen LogP contribution in [-0.4, -0.2) is 20.9 Å². The second-order valence-electron chi connectivity index (χ2n) is 5.82. The van der Waals surface area contributed by atoms with Crippen molar-refractivity contribution in [1.82, 2.24) is 4.72 Å². The molecule has 5 nitrogen and oxygen atoms in total. The summed E-state index contributed by atoms with van der Waals surface area (Å²) in [5, 5.41) is 2.84. The summed E-state index contributed by atoms with van der Waals surface area (Å²) in [6.45, 7) is 2.01. The fraction of sp³-hybridized carbons (Fsp3) is 0.278. The predicted molar refractivity (Wildman–Crippen MR) is 93.7 cm³/mol. The van der Waals surface area contributed by atoms with Crippen LogP contribution in [0.15, 0.2) is 47.4 Å². The zero-order valence-corrected chi connectivity index (χ0v) is 14.3. The number of sulfonamides is 1. The van der Waals surface area contributed by atoms with Gasteiger partial charge in [0.05, 0.1) is 4.90 Å². The number of nitrogens with one attached hydrogen (secondary N) is 2. The summed E-state index contributed by atoms with van der Waals surface area (Å²) in [4.78, 5) is 12.5. The van der Waals surface area contributed by atoms with Gasteiger partial charge in [0.15, 0.2) is 0 Å². The highest BCUT2D eigenvalue weighted by Gasteiger charge is 2.16. The number of carbonyl (C=O) groups is 1. The zero-order chi connectivity index (χ0) is 17.2. The van der Waals surface area contributed by atoms with Crippen molar-refractivity contribution in [2.75, 3.05) is 11.9 Å². The first-order valence-electron chi connectivity index (χ1n) is 8.02. The van der Waals surface area contributed by atoms with Gasteiger partial charge in [-0.15, -0.1) is 0 Å². The van der Waals surface area contributed by atoms with Gasteiger partial charge in [-0.05, 0) is 60.7 Å². The highest BCUT2D eigenvalue weighted by molar-refractivity contribution is 7.89. The molecule has 0 radical (unpaired) electrons. The van der Waals surface area contributed by atoms with Crippen LogP contribution in [0.5, 0.6) is 0 Å². The van der Waals surface area contributed by atoms with E-state index < -0.39 is 10.0 Å². The van der Waals surface area contributed by atoms with Gasteiger partial charge >= 0.3 is 0 Å². The van der Waals surface area contributed by atoms with Gasteiger partial charge in [-0.1, -0.05) is 19.1 Å². The van der Waals surface area contributed by atoms with E-state index in [-0.39, 0.29) is 10.8 Å². The van der Waals surface area contributed by atoms with Gasteiger partial charge in [0, 0.05) is 17.8 Å². The molecule has 0 fully saturated rings. The fourth-order valence-corrected chi connectivity index (χ4v) is 4.02. The van der Waals surface area contributed by atoms with Gasteiger partial charge in [0.2, 0.25) is 10.0 Å². The zero-order valence-electron chi connectivity index (χ0n) is 13.5. The maximum atomic E-state index is 12.4. The van der Waals surface area contributed by atoms with Crippen molar-refractivity contribution in [2.45, 2.75) is 31.1 Å². The summed E-state index contributed by atoms with van der Waals surface area (Å²) in [6.07, 6.45) is 3.28. The van der Waals surface area contributed by atoms with E-state index in [9.17, 15) is 13.2 Å². The van der Waals surface area contributed by atoms with E-state index >= 15 is 0 Å². The number of benzene rings is 2. The van der Waals surface area contributed by atoms with Gasteiger partial charge in [0.25, 0.3) is 5.91 Å². The van der Waals surface area contributed by atoms with E-state index in [4.69, 9.17) is 0 Å². The molecule has 0 unspecified atom stereocenters. The first-order chi connectivity index (χ1) is 11.5. The van der Waals surface area contributed by atoms with Crippen molar-refractivity contribution in [1.29, 1.82) is 0 Å². The predicted octanol–water partition coefficient (Wildman–Crippen LogP) is 2.73. The highest BCUT2D eigenvalue weighted by Crippen LogP contribution is 2.25. The smallest absolute Gasteiger partial charge is 0.255 e. The third-order valence-corrected chi connectivity index (χ3v) is 5.64.